The average Bonchev–Trinajstić information content (AvgIpc) is 2.68. The van der Waals surface area contributed by atoms with Gasteiger partial charge in [0.15, 0.2) is 0 Å². The highest BCUT2D eigenvalue weighted by Crippen LogP contribution is 2.35. The maximum Gasteiger partial charge on any atom is 0.234 e. The van der Waals surface area contributed by atoms with Gasteiger partial charge in [-0.25, -0.2) is 0 Å². The topological polar surface area (TPSA) is 82.0 Å². The molecule has 7 heteroatoms. The van der Waals surface area contributed by atoms with Crippen molar-refractivity contribution in [2.75, 3.05) is 11.1 Å². The first-order valence-corrected chi connectivity index (χ1v) is 10.0. The average molecular weight is 442 g/mol. The highest BCUT2D eigenvalue weighted by molar-refractivity contribution is 9.10. The van der Waals surface area contributed by atoms with Crippen LogP contribution in [0.2, 0.25) is 0 Å². The first kappa shape index (κ1) is 19.2. The Morgan fingerprint density at radius 1 is 1.22 bits per heavy atom. The molecular weight excluding hydrogens is 426 g/mol. The van der Waals surface area contributed by atoms with E-state index in [1.807, 2.05) is 42.5 Å². The van der Waals surface area contributed by atoms with Crippen LogP contribution in [0.4, 0.5) is 5.69 Å². The molecule has 1 unspecified atom stereocenters. The lowest BCUT2D eigenvalue weighted by molar-refractivity contribution is -0.121. The zero-order valence-corrected chi connectivity index (χ0v) is 16.6. The molecule has 2 aromatic rings. The first-order chi connectivity index (χ1) is 13.1. The number of amides is 2. The Kier molecular flexibility index (Phi) is 6.32. The number of halogens is 1. The first-order valence-electron chi connectivity index (χ1n) is 8.24. The number of allylic oxidation sites excluding steroid dienone is 1. The molecule has 0 spiro atoms. The summed E-state index contributed by atoms with van der Waals surface area (Å²) in [6, 6.07) is 18.9. The minimum absolute atomic E-state index is 0.0956. The smallest absolute Gasteiger partial charge is 0.234 e. The second-order valence-electron chi connectivity index (χ2n) is 5.91. The number of hydrogen-bond donors (Lipinski definition) is 2. The van der Waals surface area contributed by atoms with Crippen molar-refractivity contribution < 1.29 is 9.59 Å². The van der Waals surface area contributed by atoms with E-state index in [1.54, 1.807) is 12.1 Å². The molecular formula is C20H16BrN3O2S. The van der Waals surface area contributed by atoms with E-state index in [4.69, 9.17) is 0 Å². The summed E-state index contributed by atoms with van der Waals surface area (Å²) in [6.07, 6.45) is 0.224. The number of hydrogen-bond acceptors (Lipinski definition) is 4. The number of nitriles is 1. The van der Waals surface area contributed by atoms with Crippen LogP contribution >= 0.6 is 27.7 Å². The van der Waals surface area contributed by atoms with Crippen molar-refractivity contribution in [2.45, 2.75) is 12.3 Å². The highest BCUT2D eigenvalue weighted by atomic mass is 79.9. The molecule has 0 radical (unpaired) electrons. The normalized spacial score (nSPS) is 16.4. The molecule has 1 aliphatic heterocycles. The largest absolute Gasteiger partial charge is 0.325 e. The van der Waals surface area contributed by atoms with E-state index >= 15 is 0 Å². The lowest BCUT2D eigenvalue weighted by Gasteiger charge is -2.25. The van der Waals surface area contributed by atoms with Crippen molar-refractivity contribution in [3.8, 4) is 6.07 Å². The third-order valence-corrected chi connectivity index (χ3v) is 5.58. The van der Waals surface area contributed by atoms with Gasteiger partial charge in [-0.1, -0.05) is 58.0 Å². The molecule has 1 atom stereocenters. The molecule has 5 nitrogen and oxygen atoms in total. The molecule has 0 saturated carbocycles. The fraction of sp³-hybridized carbons (Fsp3) is 0.150. The summed E-state index contributed by atoms with van der Waals surface area (Å²) < 4.78 is 0.926. The molecule has 2 aromatic carbocycles. The van der Waals surface area contributed by atoms with Gasteiger partial charge >= 0.3 is 0 Å². The standard InChI is InChI=1S/C20H16BrN3O2S/c21-14-6-8-15(9-7-14)23-19(26)12-27-20-17(11-22)16(10-18(25)24-20)13-4-2-1-3-5-13/h1-9,16H,10,12H2,(H,23,26)(H,24,25). The Morgan fingerprint density at radius 3 is 2.59 bits per heavy atom. The number of carbonyl (C=O) groups excluding carboxylic acids is 2. The van der Waals surface area contributed by atoms with Crippen molar-refractivity contribution in [2.24, 2.45) is 0 Å². The van der Waals surface area contributed by atoms with Crippen molar-refractivity contribution >= 4 is 45.2 Å². The van der Waals surface area contributed by atoms with E-state index in [2.05, 4.69) is 32.6 Å². The minimum atomic E-state index is -0.290. The molecule has 136 valence electrons. The summed E-state index contributed by atoms with van der Waals surface area (Å²) in [5.74, 6) is -0.554. The summed E-state index contributed by atoms with van der Waals surface area (Å²) in [4.78, 5) is 24.3. The van der Waals surface area contributed by atoms with Gasteiger partial charge in [0.05, 0.1) is 22.4 Å². The lowest BCUT2D eigenvalue weighted by atomic mass is 9.87. The van der Waals surface area contributed by atoms with Crippen LogP contribution in [0.5, 0.6) is 0 Å². The summed E-state index contributed by atoms with van der Waals surface area (Å²) in [6.45, 7) is 0. The van der Waals surface area contributed by atoms with E-state index in [9.17, 15) is 14.9 Å². The summed E-state index contributed by atoms with van der Waals surface area (Å²) in [5, 5.41) is 15.6. The third kappa shape index (κ3) is 5.00. The minimum Gasteiger partial charge on any atom is -0.325 e. The van der Waals surface area contributed by atoms with E-state index in [1.165, 1.54) is 11.8 Å². The van der Waals surface area contributed by atoms with E-state index < -0.39 is 0 Å². The predicted molar refractivity (Wildman–Crippen MR) is 110 cm³/mol. The quantitative estimate of drug-likeness (QED) is 0.729. The number of carbonyl (C=O) groups is 2. The molecule has 0 saturated heterocycles. The van der Waals surface area contributed by atoms with Crippen molar-refractivity contribution in [1.29, 1.82) is 5.26 Å². The van der Waals surface area contributed by atoms with Crippen molar-refractivity contribution in [3.05, 3.63) is 75.2 Å². The Balaban J connectivity index is 1.72. The maximum atomic E-state index is 12.2. The van der Waals surface area contributed by atoms with Gasteiger partial charge in [0.2, 0.25) is 11.8 Å². The van der Waals surface area contributed by atoms with Crippen LogP contribution in [0.3, 0.4) is 0 Å². The molecule has 1 aliphatic rings. The fourth-order valence-electron chi connectivity index (χ4n) is 2.77. The number of thioether (sulfide) groups is 1. The third-order valence-electron chi connectivity index (χ3n) is 4.03. The van der Waals surface area contributed by atoms with Gasteiger partial charge in [-0.2, -0.15) is 5.26 Å². The highest BCUT2D eigenvalue weighted by Gasteiger charge is 2.29. The Hall–Kier alpha value is -2.56. The fourth-order valence-corrected chi connectivity index (χ4v) is 3.91. The zero-order valence-electron chi connectivity index (χ0n) is 14.2. The van der Waals surface area contributed by atoms with Crippen LogP contribution in [-0.4, -0.2) is 17.6 Å². The van der Waals surface area contributed by atoms with Crippen molar-refractivity contribution in [1.82, 2.24) is 5.32 Å². The number of rotatable bonds is 5. The van der Waals surface area contributed by atoms with Crippen LogP contribution in [0.15, 0.2) is 69.7 Å². The molecule has 1 heterocycles. The molecule has 3 rings (SSSR count). The SMILES string of the molecule is N#CC1=C(SCC(=O)Nc2ccc(Br)cc2)NC(=O)CC1c1ccccc1. The molecule has 0 aliphatic carbocycles. The Morgan fingerprint density at radius 2 is 1.93 bits per heavy atom. The lowest BCUT2D eigenvalue weighted by Crippen LogP contribution is -2.31. The number of benzene rings is 2. The van der Waals surface area contributed by atoms with Gasteiger partial charge in [-0.15, -0.1) is 0 Å². The van der Waals surface area contributed by atoms with Crippen LogP contribution in [0.1, 0.15) is 17.9 Å². The zero-order chi connectivity index (χ0) is 19.2. The van der Waals surface area contributed by atoms with Gasteiger partial charge < -0.3 is 10.6 Å². The van der Waals surface area contributed by atoms with Crippen LogP contribution in [0, 0.1) is 11.3 Å². The van der Waals surface area contributed by atoms with E-state index in [0.29, 0.717) is 16.3 Å². The second-order valence-corrected chi connectivity index (χ2v) is 7.82. The van der Waals surface area contributed by atoms with Gasteiger partial charge in [0.1, 0.15) is 0 Å². The number of nitrogens with zero attached hydrogens (tertiary/aromatic N) is 1. The monoisotopic (exact) mass is 441 g/mol. The Labute approximate surface area is 170 Å². The summed E-state index contributed by atoms with van der Waals surface area (Å²) in [7, 11) is 0. The molecule has 27 heavy (non-hydrogen) atoms. The van der Waals surface area contributed by atoms with E-state index in [-0.39, 0.29) is 29.9 Å². The van der Waals surface area contributed by atoms with Gasteiger partial charge in [0, 0.05) is 22.5 Å². The van der Waals surface area contributed by atoms with E-state index in [0.717, 1.165) is 10.0 Å². The maximum absolute atomic E-state index is 12.2. The van der Waals surface area contributed by atoms with Gasteiger partial charge in [-0.05, 0) is 29.8 Å². The predicted octanol–water partition coefficient (Wildman–Crippen LogP) is 4.16. The number of nitrogens with one attached hydrogen (secondary N) is 2. The van der Waals surface area contributed by atoms with Crippen LogP contribution < -0.4 is 10.6 Å². The second kappa shape index (κ2) is 8.89. The molecule has 2 N–H and O–H groups in total. The summed E-state index contributed by atoms with van der Waals surface area (Å²) >= 11 is 4.51. The molecule has 0 bridgehead atoms. The van der Waals surface area contributed by atoms with Gasteiger partial charge in [-0.3, -0.25) is 9.59 Å². The molecule has 0 fully saturated rings. The molecule has 2 amide bonds. The molecule has 0 aromatic heterocycles. The Bertz CT molecular complexity index is 920. The number of anilines is 1. The van der Waals surface area contributed by atoms with Crippen molar-refractivity contribution in [3.63, 3.8) is 0 Å². The van der Waals surface area contributed by atoms with Crippen LogP contribution in [0.25, 0.3) is 0 Å². The van der Waals surface area contributed by atoms with Crippen LogP contribution in [-0.2, 0) is 9.59 Å². The summed E-state index contributed by atoms with van der Waals surface area (Å²) in [5.41, 5.74) is 2.09. The van der Waals surface area contributed by atoms with Gasteiger partial charge in [0.25, 0.3) is 0 Å².